The summed E-state index contributed by atoms with van der Waals surface area (Å²) < 4.78 is 5.83. The van der Waals surface area contributed by atoms with Crippen LogP contribution in [0.4, 0.5) is 0 Å². The molecule has 21 heavy (non-hydrogen) atoms. The van der Waals surface area contributed by atoms with Crippen molar-refractivity contribution in [1.29, 1.82) is 0 Å². The SMILES string of the molecule is CN(C)CCCc1cccc(Oc2cc(Cl)cc(Cl)c2)c1. The Morgan fingerprint density at radius 1 is 0.952 bits per heavy atom. The Kier molecular flexibility index (Phi) is 5.92. The third kappa shape index (κ3) is 5.58. The number of halogens is 2. The van der Waals surface area contributed by atoms with E-state index in [0.717, 1.165) is 25.1 Å². The summed E-state index contributed by atoms with van der Waals surface area (Å²) in [5.74, 6) is 1.45. The van der Waals surface area contributed by atoms with E-state index < -0.39 is 0 Å². The highest BCUT2D eigenvalue weighted by Crippen LogP contribution is 2.28. The minimum Gasteiger partial charge on any atom is -0.457 e. The highest BCUT2D eigenvalue weighted by Gasteiger charge is 2.03. The summed E-state index contributed by atoms with van der Waals surface area (Å²) in [6, 6.07) is 13.3. The smallest absolute Gasteiger partial charge is 0.130 e. The number of hydrogen-bond donors (Lipinski definition) is 0. The second-order valence-corrected chi connectivity index (χ2v) is 6.13. The quantitative estimate of drug-likeness (QED) is 0.717. The van der Waals surface area contributed by atoms with Crippen molar-refractivity contribution in [2.24, 2.45) is 0 Å². The van der Waals surface area contributed by atoms with Crippen molar-refractivity contribution < 1.29 is 4.74 Å². The number of aryl methyl sites for hydroxylation is 1. The minimum atomic E-state index is 0.569. The predicted molar refractivity (Wildman–Crippen MR) is 89.9 cm³/mol. The molecule has 0 amide bonds. The molecule has 2 aromatic carbocycles. The largest absolute Gasteiger partial charge is 0.457 e. The normalized spacial score (nSPS) is 10.9. The van der Waals surface area contributed by atoms with Crippen molar-refractivity contribution in [1.82, 2.24) is 4.90 Å². The molecule has 0 aliphatic carbocycles. The van der Waals surface area contributed by atoms with Crippen LogP contribution in [-0.4, -0.2) is 25.5 Å². The molecule has 0 saturated heterocycles. The molecule has 0 aliphatic rings. The molecule has 4 heteroatoms. The van der Waals surface area contributed by atoms with Gasteiger partial charge in [-0.2, -0.15) is 0 Å². The molecule has 2 rings (SSSR count). The zero-order valence-corrected chi connectivity index (χ0v) is 13.8. The summed E-state index contributed by atoms with van der Waals surface area (Å²) >= 11 is 12.0. The van der Waals surface area contributed by atoms with Gasteiger partial charge in [0.1, 0.15) is 11.5 Å². The van der Waals surface area contributed by atoms with Gasteiger partial charge < -0.3 is 9.64 Å². The maximum absolute atomic E-state index is 5.98. The van der Waals surface area contributed by atoms with Crippen molar-refractivity contribution in [2.75, 3.05) is 20.6 Å². The number of rotatable bonds is 6. The van der Waals surface area contributed by atoms with Gasteiger partial charge in [0, 0.05) is 10.0 Å². The van der Waals surface area contributed by atoms with E-state index in [1.807, 2.05) is 12.1 Å². The van der Waals surface area contributed by atoms with E-state index in [-0.39, 0.29) is 0 Å². The first-order valence-corrected chi connectivity index (χ1v) is 7.66. The first-order valence-electron chi connectivity index (χ1n) is 6.90. The summed E-state index contributed by atoms with van der Waals surface area (Å²) in [7, 11) is 4.17. The molecule has 0 aromatic heterocycles. The van der Waals surface area contributed by atoms with Crippen LogP contribution in [0, 0.1) is 0 Å². The van der Waals surface area contributed by atoms with Gasteiger partial charge in [-0.3, -0.25) is 0 Å². The van der Waals surface area contributed by atoms with Crippen LogP contribution in [0.1, 0.15) is 12.0 Å². The summed E-state index contributed by atoms with van der Waals surface area (Å²) in [4.78, 5) is 2.19. The molecule has 0 aliphatic heterocycles. The fraction of sp³-hybridized carbons (Fsp3) is 0.294. The lowest BCUT2D eigenvalue weighted by atomic mass is 10.1. The van der Waals surface area contributed by atoms with Crippen molar-refractivity contribution in [3.8, 4) is 11.5 Å². The zero-order chi connectivity index (χ0) is 15.2. The Labute approximate surface area is 136 Å². The number of nitrogens with zero attached hydrogens (tertiary/aromatic N) is 1. The number of ether oxygens (including phenoxy) is 1. The molecule has 2 nitrogen and oxygen atoms in total. The van der Waals surface area contributed by atoms with Gasteiger partial charge in [0.25, 0.3) is 0 Å². The van der Waals surface area contributed by atoms with Gasteiger partial charge in [0.05, 0.1) is 0 Å². The first-order chi connectivity index (χ1) is 10.0. The fourth-order valence-corrected chi connectivity index (χ4v) is 2.59. The average molecular weight is 324 g/mol. The van der Waals surface area contributed by atoms with Crippen molar-refractivity contribution in [2.45, 2.75) is 12.8 Å². The summed E-state index contributed by atoms with van der Waals surface area (Å²) in [5.41, 5.74) is 1.27. The lowest BCUT2D eigenvalue weighted by Gasteiger charge is -2.10. The van der Waals surface area contributed by atoms with Gasteiger partial charge >= 0.3 is 0 Å². The molecule has 0 fully saturated rings. The van der Waals surface area contributed by atoms with Crippen LogP contribution in [-0.2, 0) is 6.42 Å². The monoisotopic (exact) mass is 323 g/mol. The molecule has 0 unspecified atom stereocenters. The van der Waals surface area contributed by atoms with E-state index in [0.29, 0.717) is 15.8 Å². The van der Waals surface area contributed by atoms with Crippen LogP contribution in [0.2, 0.25) is 10.0 Å². The molecule has 2 aromatic rings. The van der Waals surface area contributed by atoms with Gasteiger partial charge in [-0.25, -0.2) is 0 Å². The standard InChI is InChI=1S/C17H19Cl2NO/c1-20(2)8-4-6-13-5-3-7-16(9-13)21-17-11-14(18)10-15(19)12-17/h3,5,7,9-12H,4,6,8H2,1-2H3. The van der Waals surface area contributed by atoms with Crippen LogP contribution >= 0.6 is 23.2 Å². The van der Waals surface area contributed by atoms with Crippen molar-refractivity contribution in [3.63, 3.8) is 0 Å². The van der Waals surface area contributed by atoms with Crippen molar-refractivity contribution in [3.05, 3.63) is 58.1 Å². The Hall–Kier alpha value is -1.22. The fourth-order valence-electron chi connectivity index (χ4n) is 2.09. The maximum Gasteiger partial charge on any atom is 0.130 e. The molecule has 0 saturated carbocycles. The Balaban J connectivity index is 2.03. The van der Waals surface area contributed by atoms with Crippen molar-refractivity contribution >= 4 is 23.2 Å². The second kappa shape index (κ2) is 7.69. The van der Waals surface area contributed by atoms with E-state index >= 15 is 0 Å². The van der Waals surface area contributed by atoms with E-state index in [4.69, 9.17) is 27.9 Å². The molecule has 0 bridgehead atoms. The van der Waals surface area contributed by atoms with E-state index in [1.54, 1.807) is 18.2 Å². The predicted octanol–water partition coefficient (Wildman–Crippen LogP) is 5.28. The average Bonchev–Trinajstić information content (AvgIpc) is 2.37. The Morgan fingerprint density at radius 2 is 1.67 bits per heavy atom. The minimum absolute atomic E-state index is 0.569. The molecule has 112 valence electrons. The van der Waals surface area contributed by atoms with Gasteiger partial charge in [0.15, 0.2) is 0 Å². The molecular weight excluding hydrogens is 305 g/mol. The number of hydrogen-bond acceptors (Lipinski definition) is 2. The van der Waals surface area contributed by atoms with Gasteiger partial charge in [-0.1, -0.05) is 35.3 Å². The molecule has 0 heterocycles. The number of benzene rings is 2. The molecule has 0 N–H and O–H groups in total. The van der Waals surface area contributed by atoms with Crippen LogP contribution in [0.25, 0.3) is 0 Å². The van der Waals surface area contributed by atoms with Gasteiger partial charge in [0.2, 0.25) is 0 Å². The first kappa shape index (κ1) is 16.2. The lowest BCUT2D eigenvalue weighted by molar-refractivity contribution is 0.400. The summed E-state index contributed by atoms with van der Waals surface area (Å²) in [6.07, 6.45) is 2.16. The second-order valence-electron chi connectivity index (χ2n) is 5.26. The molecular formula is C17H19Cl2NO. The van der Waals surface area contributed by atoms with E-state index in [2.05, 4.69) is 31.1 Å². The molecule has 0 spiro atoms. The molecule has 0 radical (unpaired) electrons. The van der Waals surface area contributed by atoms with E-state index in [9.17, 15) is 0 Å². The maximum atomic E-state index is 5.98. The highest BCUT2D eigenvalue weighted by atomic mass is 35.5. The molecule has 0 atom stereocenters. The summed E-state index contributed by atoms with van der Waals surface area (Å²) in [6.45, 7) is 1.08. The van der Waals surface area contributed by atoms with Crippen LogP contribution in [0.15, 0.2) is 42.5 Å². The Bertz CT molecular complexity index is 579. The van der Waals surface area contributed by atoms with E-state index in [1.165, 1.54) is 5.56 Å². The summed E-state index contributed by atoms with van der Waals surface area (Å²) in [5, 5.41) is 1.14. The van der Waals surface area contributed by atoms with Crippen LogP contribution in [0.3, 0.4) is 0 Å². The zero-order valence-electron chi connectivity index (χ0n) is 12.3. The van der Waals surface area contributed by atoms with Crippen LogP contribution in [0.5, 0.6) is 11.5 Å². The van der Waals surface area contributed by atoms with Gasteiger partial charge in [-0.05, 0) is 69.4 Å². The van der Waals surface area contributed by atoms with Gasteiger partial charge in [-0.15, -0.1) is 0 Å². The third-order valence-electron chi connectivity index (χ3n) is 3.04. The third-order valence-corrected chi connectivity index (χ3v) is 3.48. The van der Waals surface area contributed by atoms with Crippen LogP contribution < -0.4 is 4.74 Å². The topological polar surface area (TPSA) is 12.5 Å². The lowest BCUT2D eigenvalue weighted by Crippen LogP contribution is -2.13. The Morgan fingerprint density at radius 3 is 2.33 bits per heavy atom. The highest BCUT2D eigenvalue weighted by molar-refractivity contribution is 6.34.